The van der Waals surface area contributed by atoms with Gasteiger partial charge in [0.25, 0.3) is 0 Å². The highest BCUT2D eigenvalue weighted by Crippen LogP contribution is 2.11. The van der Waals surface area contributed by atoms with Crippen LogP contribution in [0.1, 0.15) is 26.3 Å². The molecule has 0 aliphatic heterocycles. The maximum absolute atomic E-state index is 11.8. The fourth-order valence-corrected chi connectivity index (χ4v) is 2.51. The molecule has 1 N–H and O–H groups in total. The molecule has 1 aromatic rings. The summed E-state index contributed by atoms with van der Waals surface area (Å²) in [4.78, 5) is 0. The van der Waals surface area contributed by atoms with Crippen LogP contribution >= 0.6 is 11.6 Å². The summed E-state index contributed by atoms with van der Waals surface area (Å²) < 4.78 is 26.1. The second-order valence-electron chi connectivity index (χ2n) is 4.55. The molecule has 0 heterocycles. The number of rotatable bonds is 5. The second-order valence-corrected chi connectivity index (χ2v) is 6.58. The van der Waals surface area contributed by atoms with Crippen molar-refractivity contribution in [3.05, 3.63) is 40.3 Å². The first-order chi connectivity index (χ1) is 8.30. The van der Waals surface area contributed by atoms with Crippen molar-refractivity contribution in [1.29, 1.82) is 0 Å². The zero-order chi connectivity index (χ0) is 13.8. The average molecular weight is 288 g/mol. The van der Waals surface area contributed by atoms with Crippen molar-refractivity contribution in [3.63, 3.8) is 0 Å². The molecule has 0 aliphatic rings. The van der Waals surface area contributed by atoms with E-state index < -0.39 is 10.0 Å². The van der Waals surface area contributed by atoms with Crippen LogP contribution in [0.3, 0.4) is 0 Å². The van der Waals surface area contributed by atoms with E-state index in [1.165, 1.54) is 5.41 Å². The molecule has 0 amide bonds. The van der Waals surface area contributed by atoms with Gasteiger partial charge < -0.3 is 0 Å². The Morgan fingerprint density at radius 3 is 2.22 bits per heavy atom. The molecule has 0 bridgehead atoms. The van der Waals surface area contributed by atoms with E-state index in [1.54, 1.807) is 30.3 Å². The smallest absolute Gasteiger partial charge is 0.209 e. The molecule has 0 saturated carbocycles. The SMILES string of the molecule is CC(C)[C@@H](C)NS(=O)(=O)/C=C/c1ccc(Cl)cc1. The number of hydrogen-bond acceptors (Lipinski definition) is 2. The summed E-state index contributed by atoms with van der Waals surface area (Å²) in [6.45, 7) is 5.78. The van der Waals surface area contributed by atoms with Crippen molar-refractivity contribution in [2.24, 2.45) is 5.92 Å². The van der Waals surface area contributed by atoms with Gasteiger partial charge in [-0.2, -0.15) is 0 Å². The molecule has 0 aliphatic carbocycles. The molecule has 3 nitrogen and oxygen atoms in total. The van der Waals surface area contributed by atoms with Gasteiger partial charge in [0.15, 0.2) is 0 Å². The second kappa shape index (κ2) is 6.36. The van der Waals surface area contributed by atoms with Gasteiger partial charge in [-0.15, -0.1) is 0 Å². The van der Waals surface area contributed by atoms with E-state index in [4.69, 9.17) is 11.6 Å². The number of sulfonamides is 1. The van der Waals surface area contributed by atoms with Crippen molar-refractivity contribution in [1.82, 2.24) is 4.72 Å². The Labute approximate surface area is 114 Å². The molecule has 18 heavy (non-hydrogen) atoms. The molecule has 0 radical (unpaired) electrons. The lowest BCUT2D eigenvalue weighted by molar-refractivity contribution is 0.480. The van der Waals surface area contributed by atoms with Gasteiger partial charge in [-0.1, -0.05) is 37.6 Å². The molecular weight excluding hydrogens is 270 g/mol. The van der Waals surface area contributed by atoms with Gasteiger partial charge in [0.05, 0.1) is 0 Å². The first kappa shape index (κ1) is 15.2. The van der Waals surface area contributed by atoms with E-state index in [9.17, 15) is 8.42 Å². The maximum Gasteiger partial charge on any atom is 0.233 e. The molecule has 1 aromatic carbocycles. The Morgan fingerprint density at radius 1 is 1.17 bits per heavy atom. The van der Waals surface area contributed by atoms with Crippen molar-refractivity contribution in [2.45, 2.75) is 26.8 Å². The summed E-state index contributed by atoms with van der Waals surface area (Å²) in [6, 6.07) is 6.88. The summed E-state index contributed by atoms with van der Waals surface area (Å²) in [5, 5.41) is 1.80. The van der Waals surface area contributed by atoms with Gasteiger partial charge >= 0.3 is 0 Å². The van der Waals surface area contributed by atoms with E-state index in [-0.39, 0.29) is 12.0 Å². The predicted molar refractivity (Wildman–Crippen MR) is 76.8 cm³/mol. The van der Waals surface area contributed by atoms with E-state index in [0.717, 1.165) is 5.56 Å². The van der Waals surface area contributed by atoms with Gasteiger partial charge in [-0.25, -0.2) is 13.1 Å². The van der Waals surface area contributed by atoms with E-state index >= 15 is 0 Å². The summed E-state index contributed by atoms with van der Waals surface area (Å²) in [7, 11) is -3.40. The fourth-order valence-electron chi connectivity index (χ4n) is 1.18. The zero-order valence-electron chi connectivity index (χ0n) is 10.7. The Hall–Kier alpha value is -0.840. The monoisotopic (exact) mass is 287 g/mol. The molecule has 0 spiro atoms. The quantitative estimate of drug-likeness (QED) is 0.903. The molecule has 0 saturated heterocycles. The molecule has 100 valence electrons. The van der Waals surface area contributed by atoms with Crippen LogP contribution in [0.25, 0.3) is 6.08 Å². The Balaban J connectivity index is 2.74. The third-order valence-corrected chi connectivity index (χ3v) is 4.11. The molecule has 5 heteroatoms. The van der Waals surface area contributed by atoms with Crippen LogP contribution in [0.2, 0.25) is 5.02 Å². The summed E-state index contributed by atoms with van der Waals surface area (Å²) in [6.07, 6.45) is 1.55. The predicted octanol–water partition coefficient (Wildman–Crippen LogP) is 3.27. The van der Waals surface area contributed by atoms with Crippen LogP contribution in [0.15, 0.2) is 29.7 Å². The molecule has 1 atom stereocenters. The Morgan fingerprint density at radius 2 is 1.72 bits per heavy atom. The Kier molecular flexibility index (Phi) is 5.38. The van der Waals surface area contributed by atoms with Crippen molar-refractivity contribution in [2.75, 3.05) is 0 Å². The third kappa shape index (κ3) is 5.21. The van der Waals surface area contributed by atoms with Crippen LogP contribution in [-0.2, 0) is 10.0 Å². The normalized spacial score (nSPS) is 14.3. The number of halogens is 1. The summed E-state index contributed by atoms with van der Waals surface area (Å²) in [5.74, 6) is 0.253. The molecule has 0 unspecified atom stereocenters. The lowest BCUT2D eigenvalue weighted by atomic mass is 10.1. The maximum atomic E-state index is 11.8. The number of benzene rings is 1. The minimum Gasteiger partial charge on any atom is -0.209 e. The highest BCUT2D eigenvalue weighted by Gasteiger charge is 2.13. The first-order valence-corrected chi connectivity index (χ1v) is 7.68. The minimum atomic E-state index is -3.40. The zero-order valence-corrected chi connectivity index (χ0v) is 12.3. The number of nitrogens with one attached hydrogen (secondary N) is 1. The van der Waals surface area contributed by atoms with Crippen LogP contribution < -0.4 is 4.72 Å². The highest BCUT2D eigenvalue weighted by atomic mass is 35.5. The van der Waals surface area contributed by atoms with Crippen LogP contribution in [0.5, 0.6) is 0 Å². The molecular formula is C13H18ClNO2S. The van der Waals surface area contributed by atoms with Crippen LogP contribution in [0, 0.1) is 5.92 Å². The van der Waals surface area contributed by atoms with Crippen LogP contribution in [-0.4, -0.2) is 14.5 Å². The average Bonchev–Trinajstić information content (AvgIpc) is 2.27. The molecule has 1 rings (SSSR count). The van der Waals surface area contributed by atoms with Crippen LogP contribution in [0.4, 0.5) is 0 Å². The summed E-state index contributed by atoms with van der Waals surface area (Å²) in [5.41, 5.74) is 0.793. The van der Waals surface area contributed by atoms with Gasteiger partial charge in [0, 0.05) is 16.5 Å². The summed E-state index contributed by atoms with van der Waals surface area (Å²) >= 11 is 5.75. The van der Waals surface area contributed by atoms with Gasteiger partial charge in [-0.05, 0) is 36.6 Å². The van der Waals surface area contributed by atoms with Gasteiger partial charge in [0.2, 0.25) is 10.0 Å². The third-order valence-electron chi connectivity index (χ3n) is 2.66. The fraction of sp³-hybridized carbons (Fsp3) is 0.385. The van der Waals surface area contributed by atoms with Gasteiger partial charge in [-0.3, -0.25) is 0 Å². The van der Waals surface area contributed by atoms with Crippen molar-refractivity contribution >= 4 is 27.7 Å². The molecule has 0 aromatic heterocycles. The van der Waals surface area contributed by atoms with E-state index in [1.807, 2.05) is 20.8 Å². The number of hydrogen-bond donors (Lipinski definition) is 1. The van der Waals surface area contributed by atoms with E-state index in [0.29, 0.717) is 5.02 Å². The van der Waals surface area contributed by atoms with Crippen molar-refractivity contribution < 1.29 is 8.42 Å². The lowest BCUT2D eigenvalue weighted by Crippen LogP contribution is -2.34. The standard InChI is InChI=1S/C13H18ClNO2S/c1-10(2)11(3)15-18(16,17)9-8-12-4-6-13(14)7-5-12/h4-11,15H,1-3H3/b9-8+/t11-/m1/s1. The van der Waals surface area contributed by atoms with E-state index in [2.05, 4.69) is 4.72 Å². The first-order valence-electron chi connectivity index (χ1n) is 5.76. The Bertz CT molecular complexity index is 506. The lowest BCUT2D eigenvalue weighted by Gasteiger charge is -2.15. The van der Waals surface area contributed by atoms with Crippen molar-refractivity contribution in [3.8, 4) is 0 Å². The van der Waals surface area contributed by atoms with Gasteiger partial charge in [0.1, 0.15) is 0 Å². The minimum absolute atomic E-state index is 0.0927. The highest BCUT2D eigenvalue weighted by molar-refractivity contribution is 7.92. The molecule has 0 fully saturated rings. The largest absolute Gasteiger partial charge is 0.233 e. The topological polar surface area (TPSA) is 46.2 Å².